The van der Waals surface area contributed by atoms with Crippen molar-refractivity contribution < 1.29 is 14.3 Å². The van der Waals surface area contributed by atoms with Gasteiger partial charge in [0.25, 0.3) is 5.91 Å². The minimum absolute atomic E-state index is 0.0270. The Balaban J connectivity index is 1.52. The highest BCUT2D eigenvalue weighted by molar-refractivity contribution is 5.86. The zero-order chi connectivity index (χ0) is 22.6. The standard InChI is InChI=1S/C27H28N2O3/c1-20-10-12-21(13-11-20)17-25(30)29-14-15-32-27(19-29,26(28)31)18-22-6-5-9-24(16-22)23-7-3-2-4-8-23/h2-13,16H,14-15,17-19H2,1H3,(H2,28,31)/t27-/m0/s1. The lowest BCUT2D eigenvalue weighted by atomic mass is 9.90. The van der Waals surface area contributed by atoms with Crippen molar-refractivity contribution in [2.24, 2.45) is 5.73 Å². The normalized spacial score (nSPS) is 18.3. The van der Waals surface area contributed by atoms with Crippen molar-refractivity contribution in [1.29, 1.82) is 0 Å². The number of morpholine rings is 1. The van der Waals surface area contributed by atoms with E-state index in [2.05, 4.69) is 6.07 Å². The van der Waals surface area contributed by atoms with Gasteiger partial charge in [-0.25, -0.2) is 0 Å². The molecular weight excluding hydrogens is 400 g/mol. The van der Waals surface area contributed by atoms with Crippen LogP contribution in [0.2, 0.25) is 0 Å². The first-order valence-corrected chi connectivity index (χ1v) is 10.9. The van der Waals surface area contributed by atoms with Gasteiger partial charge in [0.15, 0.2) is 5.60 Å². The molecule has 0 aromatic heterocycles. The summed E-state index contributed by atoms with van der Waals surface area (Å²) in [6.45, 7) is 2.90. The van der Waals surface area contributed by atoms with Gasteiger partial charge in [0.05, 0.1) is 19.6 Å². The first-order valence-electron chi connectivity index (χ1n) is 10.9. The smallest absolute Gasteiger partial charge is 0.251 e. The molecule has 0 radical (unpaired) electrons. The Kier molecular flexibility index (Phi) is 6.37. The summed E-state index contributed by atoms with van der Waals surface area (Å²) in [4.78, 5) is 27.2. The molecule has 1 heterocycles. The van der Waals surface area contributed by atoms with E-state index in [1.165, 1.54) is 0 Å². The fourth-order valence-electron chi connectivity index (χ4n) is 4.15. The number of rotatable bonds is 6. The van der Waals surface area contributed by atoms with Gasteiger partial charge in [-0.05, 0) is 29.2 Å². The van der Waals surface area contributed by atoms with Crippen LogP contribution in [-0.2, 0) is 27.2 Å². The Hall–Kier alpha value is -3.44. The summed E-state index contributed by atoms with van der Waals surface area (Å²) in [5, 5.41) is 0. The summed E-state index contributed by atoms with van der Waals surface area (Å²) in [5.41, 5.74) is 9.79. The number of aryl methyl sites for hydroxylation is 1. The second-order valence-electron chi connectivity index (χ2n) is 8.43. The van der Waals surface area contributed by atoms with E-state index in [4.69, 9.17) is 10.5 Å². The maximum absolute atomic E-state index is 13.0. The molecule has 2 N–H and O–H groups in total. The molecule has 5 nitrogen and oxygen atoms in total. The molecule has 0 saturated carbocycles. The van der Waals surface area contributed by atoms with Crippen molar-refractivity contribution in [1.82, 2.24) is 4.90 Å². The second-order valence-corrected chi connectivity index (χ2v) is 8.43. The molecule has 4 rings (SSSR count). The third-order valence-electron chi connectivity index (χ3n) is 5.99. The van der Waals surface area contributed by atoms with Crippen LogP contribution in [0.25, 0.3) is 11.1 Å². The van der Waals surface area contributed by atoms with Gasteiger partial charge in [0.2, 0.25) is 5.91 Å². The van der Waals surface area contributed by atoms with Gasteiger partial charge in [-0.3, -0.25) is 9.59 Å². The zero-order valence-corrected chi connectivity index (χ0v) is 18.3. The Bertz CT molecular complexity index is 1100. The van der Waals surface area contributed by atoms with E-state index in [0.717, 1.165) is 27.8 Å². The van der Waals surface area contributed by atoms with Crippen LogP contribution in [0.4, 0.5) is 0 Å². The van der Waals surface area contributed by atoms with Crippen LogP contribution in [0.15, 0.2) is 78.9 Å². The molecule has 1 saturated heterocycles. The quantitative estimate of drug-likeness (QED) is 0.653. The molecule has 32 heavy (non-hydrogen) atoms. The van der Waals surface area contributed by atoms with Crippen LogP contribution in [0.3, 0.4) is 0 Å². The van der Waals surface area contributed by atoms with Gasteiger partial charge in [-0.2, -0.15) is 0 Å². The van der Waals surface area contributed by atoms with Crippen LogP contribution < -0.4 is 5.73 Å². The minimum atomic E-state index is -1.24. The molecule has 1 aliphatic rings. The summed E-state index contributed by atoms with van der Waals surface area (Å²) in [7, 11) is 0. The molecule has 3 aromatic rings. The van der Waals surface area contributed by atoms with E-state index in [-0.39, 0.29) is 19.1 Å². The van der Waals surface area contributed by atoms with Crippen molar-refractivity contribution in [3.05, 3.63) is 95.6 Å². The Morgan fingerprint density at radius 1 is 0.938 bits per heavy atom. The lowest BCUT2D eigenvalue weighted by molar-refractivity contribution is -0.163. The first-order chi connectivity index (χ1) is 15.4. The third-order valence-corrected chi connectivity index (χ3v) is 5.99. The largest absolute Gasteiger partial charge is 0.367 e. The molecule has 1 atom stereocenters. The van der Waals surface area contributed by atoms with Gasteiger partial charge < -0.3 is 15.4 Å². The zero-order valence-electron chi connectivity index (χ0n) is 18.3. The minimum Gasteiger partial charge on any atom is -0.367 e. The SMILES string of the molecule is Cc1ccc(CC(=O)N2CCO[C@](Cc3cccc(-c4ccccc4)c3)(C(N)=O)C2)cc1. The molecule has 1 fully saturated rings. The fourth-order valence-corrected chi connectivity index (χ4v) is 4.15. The van der Waals surface area contributed by atoms with Gasteiger partial charge in [0.1, 0.15) is 0 Å². The average Bonchev–Trinajstić information content (AvgIpc) is 2.81. The van der Waals surface area contributed by atoms with Gasteiger partial charge in [-0.1, -0.05) is 84.4 Å². The molecule has 0 unspecified atom stereocenters. The lowest BCUT2D eigenvalue weighted by Crippen LogP contribution is -2.61. The van der Waals surface area contributed by atoms with E-state index in [1.807, 2.05) is 79.7 Å². The summed E-state index contributed by atoms with van der Waals surface area (Å²) >= 11 is 0. The highest BCUT2D eigenvalue weighted by atomic mass is 16.5. The molecular formula is C27H28N2O3. The number of nitrogens with two attached hydrogens (primary N) is 1. The van der Waals surface area contributed by atoms with Crippen molar-refractivity contribution in [3.8, 4) is 11.1 Å². The summed E-state index contributed by atoms with van der Waals surface area (Å²) in [5.74, 6) is -0.573. The van der Waals surface area contributed by atoms with Crippen LogP contribution in [0.5, 0.6) is 0 Å². The van der Waals surface area contributed by atoms with Crippen molar-refractivity contribution in [2.75, 3.05) is 19.7 Å². The highest BCUT2D eigenvalue weighted by Crippen LogP contribution is 2.27. The number of carbonyl (C=O) groups is 2. The molecule has 1 aliphatic heterocycles. The lowest BCUT2D eigenvalue weighted by Gasteiger charge is -2.41. The summed E-state index contributed by atoms with van der Waals surface area (Å²) < 4.78 is 5.95. The van der Waals surface area contributed by atoms with Gasteiger partial charge >= 0.3 is 0 Å². The summed E-state index contributed by atoms with van der Waals surface area (Å²) in [6, 6.07) is 26.0. The number of carbonyl (C=O) groups excluding carboxylic acids is 2. The number of benzene rings is 3. The molecule has 0 spiro atoms. The van der Waals surface area contributed by atoms with Crippen molar-refractivity contribution in [2.45, 2.75) is 25.4 Å². The second kappa shape index (κ2) is 9.37. The number of amides is 2. The van der Waals surface area contributed by atoms with Crippen molar-refractivity contribution >= 4 is 11.8 Å². The Labute approximate surface area is 188 Å². The monoisotopic (exact) mass is 428 g/mol. The highest BCUT2D eigenvalue weighted by Gasteiger charge is 2.43. The van der Waals surface area contributed by atoms with Crippen LogP contribution in [0.1, 0.15) is 16.7 Å². The van der Waals surface area contributed by atoms with E-state index in [0.29, 0.717) is 19.4 Å². The maximum atomic E-state index is 13.0. The molecule has 3 aromatic carbocycles. The Morgan fingerprint density at radius 2 is 1.66 bits per heavy atom. The summed E-state index contributed by atoms with van der Waals surface area (Å²) in [6.07, 6.45) is 0.607. The molecule has 0 aliphatic carbocycles. The molecule has 0 bridgehead atoms. The van der Waals surface area contributed by atoms with E-state index < -0.39 is 11.5 Å². The number of primary amides is 1. The topological polar surface area (TPSA) is 72.6 Å². The number of ether oxygens (including phenoxy) is 1. The average molecular weight is 429 g/mol. The van der Waals surface area contributed by atoms with E-state index in [9.17, 15) is 9.59 Å². The molecule has 164 valence electrons. The first kappa shape index (κ1) is 21.8. The number of nitrogens with zero attached hydrogens (tertiary/aromatic N) is 1. The maximum Gasteiger partial charge on any atom is 0.251 e. The predicted molar refractivity (Wildman–Crippen MR) is 125 cm³/mol. The van der Waals surface area contributed by atoms with Crippen LogP contribution >= 0.6 is 0 Å². The Morgan fingerprint density at radius 3 is 2.38 bits per heavy atom. The molecule has 5 heteroatoms. The predicted octanol–water partition coefficient (Wildman–Crippen LogP) is 3.53. The molecule has 2 amide bonds. The van der Waals surface area contributed by atoms with Crippen LogP contribution in [0, 0.1) is 6.92 Å². The van der Waals surface area contributed by atoms with E-state index >= 15 is 0 Å². The fraction of sp³-hybridized carbons (Fsp3) is 0.259. The van der Waals surface area contributed by atoms with Crippen LogP contribution in [-0.4, -0.2) is 42.0 Å². The third kappa shape index (κ3) is 4.89. The van der Waals surface area contributed by atoms with Gasteiger partial charge in [0, 0.05) is 13.0 Å². The van der Waals surface area contributed by atoms with E-state index in [1.54, 1.807) is 4.90 Å². The van der Waals surface area contributed by atoms with Gasteiger partial charge in [-0.15, -0.1) is 0 Å². The number of hydrogen-bond donors (Lipinski definition) is 1. The number of hydrogen-bond acceptors (Lipinski definition) is 3. The van der Waals surface area contributed by atoms with Crippen molar-refractivity contribution in [3.63, 3.8) is 0 Å².